The van der Waals surface area contributed by atoms with Crippen LogP contribution in [0.3, 0.4) is 0 Å². The molecule has 0 saturated carbocycles. The second-order valence-corrected chi connectivity index (χ2v) is 6.51. The van der Waals surface area contributed by atoms with E-state index in [4.69, 9.17) is 23.2 Å². The molecule has 0 radical (unpaired) electrons. The molecule has 112 valence electrons. The van der Waals surface area contributed by atoms with E-state index in [1.165, 1.54) is 23.5 Å². The number of benzene rings is 1. The van der Waals surface area contributed by atoms with Crippen molar-refractivity contribution < 1.29 is 15.0 Å². The first-order valence-electron chi connectivity index (χ1n) is 6.04. The van der Waals surface area contributed by atoms with Gasteiger partial charge < -0.3 is 15.5 Å². The Balaban J connectivity index is 2.13. The number of carbonyl (C=O) groups excluding carboxylic acids is 1. The maximum absolute atomic E-state index is 12.1. The van der Waals surface area contributed by atoms with Crippen molar-refractivity contribution in [3.63, 3.8) is 0 Å². The molecule has 3 N–H and O–H groups in total. The van der Waals surface area contributed by atoms with Crippen molar-refractivity contribution in [2.24, 2.45) is 0 Å². The zero-order valence-corrected chi connectivity index (χ0v) is 13.4. The number of amides is 1. The molecule has 0 aliphatic rings. The van der Waals surface area contributed by atoms with Crippen molar-refractivity contribution in [2.45, 2.75) is 12.5 Å². The molecule has 7 heteroatoms. The fourth-order valence-corrected chi connectivity index (χ4v) is 3.15. The normalized spacial score (nSPS) is 13.7. The molecule has 0 bridgehead atoms. The van der Waals surface area contributed by atoms with Crippen LogP contribution in [-0.4, -0.2) is 22.7 Å². The number of aromatic hydroxyl groups is 1. The van der Waals surface area contributed by atoms with Gasteiger partial charge in [0.15, 0.2) is 0 Å². The van der Waals surface area contributed by atoms with Crippen molar-refractivity contribution in [1.82, 2.24) is 5.32 Å². The van der Waals surface area contributed by atoms with Crippen LogP contribution in [0.15, 0.2) is 29.6 Å². The first-order chi connectivity index (χ1) is 9.81. The topological polar surface area (TPSA) is 69.6 Å². The highest BCUT2D eigenvalue weighted by atomic mass is 35.5. The quantitative estimate of drug-likeness (QED) is 0.795. The molecule has 1 amide bonds. The van der Waals surface area contributed by atoms with Crippen molar-refractivity contribution in [3.05, 3.63) is 50.1 Å². The van der Waals surface area contributed by atoms with E-state index in [1.54, 1.807) is 13.0 Å². The van der Waals surface area contributed by atoms with Gasteiger partial charge in [0, 0.05) is 9.90 Å². The third-order valence-corrected chi connectivity index (χ3v) is 4.55. The van der Waals surface area contributed by atoms with Crippen LogP contribution in [0.5, 0.6) is 5.75 Å². The third kappa shape index (κ3) is 3.68. The van der Waals surface area contributed by atoms with Crippen molar-refractivity contribution >= 4 is 40.4 Å². The van der Waals surface area contributed by atoms with Crippen LogP contribution in [0.4, 0.5) is 0 Å². The molecular weight excluding hydrogens is 333 g/mol. The van der Waals surface area contributed by atoms with Gasteiger partial charge >= 0.3 is 0 Å². The van der Waals surface area contributed by atoms with E-state index in [2.05, 4.69) is 5.32 Å². The van der Waals surface area contributed by atoms with Gasteiger partial charge in [-0.3, -0.25) is 4.79 Å². The SMILES string of the molecule is CC(O)(CNC(=O)c1c(O)cc(Cl)cc1Cl)c1cccs1. The molecule has 0 aliphatic carbocycles. The number of hydrogen-bond donors (Lipinski definition) is 3. The standard InChI is InChI=1S/C14H13Cl2NO3S/c1-14(20,11-3-2-4-21-11)7-17-13(19)12-9(16)5-8(15)6-10(12)18/h2-6,18,20H,7H2,1H3,(H,17,19). The number of rotatable bonds is 4. The Morgan fingerprint density at radius 3 is 2.71 bits per heavy atom. The van der Waals surface area contributed by atoms with Gasteiger partial charge in [0.2, 0.25) is 0 Å². The summed E-state index contributed by atoms with van der Waals surface area (Å²) in [4.78, 5) is 12.8. The smallest absolute Gasteiger partial charge is 0.256 e. The number of aliphatic hydroxyl groups is 1. The predicted octanol–water partition coefficient (Wildman–Crippen LogP) is 3.40. The highest BCUT2D eigenvalue weighted by Crippen LogP contribution is 2.30. The zero-order chi connectivity index (χ0) is 15.6. The van der Waals surface area contributed by atoms with Gasteiger partial charge in [-0.15, -0.1) is 11.3 Å². The summed E-state index contributed by atoms with van der Waals surface area (Å²) in [6.45, 7) is 1.59. The molecule has 0 saturated heterocycles. The monoisotopic (exact) mass is 345 g/mol. The van der Waals surface area contributed by atoms with Crippen molar-refractivity contribution in [2.75, 3.05) is 6.54 Å². The van der Waals surface area contributed by atoms with Crippen LogP contribution < -0.4 is 5.32 Å². The summed E-state index contributed by atoms with van der Waals surface area (Å²) in [5, 5.41) is 24.8. The predicted molar refractivity (Wildman–Crippen MR) is 84.3 cm³/mol. The summed E-state index contributed by atoms with van der Waals surface area (Å²) < 4.78 is 0. The highest BCUT2D eigenvalue weighted by Gasteiger charge is 2.26. The first kappa shape index (κ1) is 16.1. The summed E-state index contributed by atoms with van der Waals surface area (Å²) in [7, 11) is 0. The van der Waals surface area contributed by atoms with Gasteiger partial charge in [0.25, 0.3) is 5.91 Å². The van der Waals surface area contributed by atoms with E-state index in [0.29, 0.717) is 0 Å². The molecule has 4 nitrogen and oxygen atoms in total. The Hall–Kier alpha value is -1.27. The molecule has 1 heterocycles. The Labute approximate surface area is 135 Å². The average Bonchev–Trinajstić information content (AvgIpc) is 2.89. The van der Waals surface area contributed by atoms with E-state index >= 15 is 0 Å². The molecule has 0 spiro atoms. The Morgan fingerprint density at radius 2 is 2.14 bits per heavy atom. The lowest BCUT2D eigenvalue weighted by Gasteiger charge is -2.22. The van der Waals surface area contributed by atoms with Gasteiger partial charge in [-0.1, -0.05) is 29.3 Å². The number of phenolic OH excluding ortho intramolecular Hbond substituents is 1. The van der Waals surface area contributed by atoms with E-state index in [0.717, 1.165) is 4.88 Å². The van der Waals surface area contributed by atoms with E-state index in [1.807, 2.05) is 11.4 Å². The van der Waals surface area contributed by atoms with Crippen LogP contribution in [0.25, 0.3) is 0 Å². The average molecular weight is 346 g/mol. The minimum atomic E-state index is -1.20. The van der Waals surface area contributed by atoms with Crippen LogP contribution in [0.2, 0.25) is 10.0 Å². The molecular formula is C14H13Cl2NO3S. The minimum Gasteiger partial charge on any atom is -0.507 e. The molecule has 2 aromatic rings. The van der Waals surface area contributed by atoms with E-state index in [9.17, 15) is 15.0 Å². The molecule has 1 aromatic carbocycles. The highest BCUT2D eigenvalue weighted by molar-refractivity contribution is 7.10. The summed E-state index contributed by atoms with van der Waals surface area (Å²) in [5.74, 6) is -0.883. The lowest BCUT2D eigenvalue weighted by atomic mass is 10.0. The summed E-state index contributed by atoms with van der Waals surface area (Å²) in [5.41, 5.74) is -1.26. The minimum absolute atomic E-state index is 0.00918. The van der Waals surface area contributed by atoms with Crippen LogP contribution in [-0.2, 0) is 5.60 Å². The van der Waals surface area contributed by atoms with Gasteiger partial charge in [-0.05, 0) is 30.5 Å². The molecule has 21 heavy (non-hydrogen) atoms. The maximum atomic E-state index is 12.1. The number of phenols is 1. The Bertz CT molecular complexity index is 633. The molecule has 2 rings (SSSR count). The fraction of sp³-hybridized carbons (Fsp3) is 0.214. The van der Waals surface area contributed by atoms with E-state index in [-0.39, 0.29) is 27.9 Å². The molecule has 1 unspecified atom stereocenters. The van der Waals surface area contributed by atoms with Crippen LogP contribution >= 0.6 is 34.5 Å². The Kier molecular flexibility index (Phi) is 4.78. The number of carbonyl (C=O) groups is 1. The van der Waals surface area contributed by atoms with Crippen LogP contribution in [0.1, 0.15) is 22.2 Å². The fourth-order valence-electron chi connectivity index (χ4n) is 1.80. The second-order valence-electron chi connectivity index (χ2n) is 4.72. The van der Waals surface area contributed by atoms with Crippen molar-refractivity contribution in [3.8, 4) is 5.75 Å². The first-order valence-corrected chi connectivity index (χ1v) is 7.67. The third-order valence-electron chi connectivity index (χ3n) is 2.91. The number of nitrogens with one attached hydrogen (secondary N) is 1. The number of hydrogen-bond acceptors (Lipinski definition) is 4. The summed E-state index contributed by atoms with van der Waals surface area (Å²) >= 11 is 13.0. The molecule has 1 atom stereocenters. The molecule has 0 aliphatic heterocycles. The van der Waals surface area contributed by atoms with Gasteiger partial charge in [0.05, 0.1) is 17.1 Å². The van der Waals surface area contributed by atoms with E-state index < -0.39 is 11.5 Å². The number of halogens is 2. The zero-order valence-electron chi connectivity index (χ0n) is 11.1. The number of thiophene rings is 1. The van der Waals surface area contributed by atoms with Gasteiger partial charge in [0.1, 0.15) is 11.4 Å². The summed E-state index contributed by atoms with van der Waals surface area (Å²) in [6, 6.07) is 6.21. The van der Waals surface area contributed by atoms with Crippen molar-refractivity contribution in [1.29, 1.82) is 0 Å². The maximum Gasteiger partial charge on any atom is 0.256 e. The molecule has 1 aromatic heterocycles. The van der Waals surface area contributed by atoms with Gasteiger partial charge in [-0.2, -0.15) is 0 Å². The second kappa shape index (κ2) is 6.23. The lowest BCUT2D eigenvalue weighted by Crippen LogP contribution is -2.38. The van der Waals surface area contributed by atoms with Crippen LogP contribution in [0, 0.1) is 0 Å². The largest absolute Gasteiger partial charge is 0.507 e. The lowest BCUT2D eigenvalue weighted by molar-refractivity contribution is 0.0556. The Morgan fingerprint density at radius 1 is 1.43 bits per heavy atom. The van der Waals surface area contributed by atoms with Gasteiger partial charge in [-0.25, -0.2) is 0 Å². The summed E-state index contributed by atoms with van der Waals surface area (Å²) in [6.07, 6.45) is 0. The molecule has 0 fully saturated rings.